The lowest BCUT2D eigenvalue weighted by Crippen LogP contribution is -2.44. The van der Waals surface area contributed by atoms with Crippen molar-refractivity contribution in [3.63, 3.8) is 0 Å². The Hall–Kier alpha value is -1.59. The Balaban J connectivity index is 1.81. The molecule has 2 N–H and O–H groups in total. The molecule has 0 aliphatic carbocycles. The molecule has 1 aromatic rings. The fraction of sp³-hybridized carbons (Fsp3) is 0.632. The first-order chi connectivity index (χ1) is 11.6. The largest absolute Gasteiger partial charge is 0.396 e. The van der Waals surface area contributed by atoms with Crippen molar-refractivity contribution in [2.24, 2.45) is 5.92 Å². The molecule has 2 amide bonds. The van der Waals surface area contributed by atoms with E-state index in [0.29, 0.717) is 18.9 Å². The average Bonchev–Trinajstić information content (AvgIpc) is 2.59. The molecule has 5 heteroatoms. The zero-order valence-electron chi connectivity index (χ0n) is 14.9. The van der Waals surface area contributed by atoms with Crippen molar-refractivity contribution in [3.05, 3.63) is 35.9 Å². The number of nitrogens with one attached hydrogen (secondary N) is 1. The summed E-state index contributed by atoms with van der Waals surface area (Å²) < 4.78 is 0. The van der Waals surface area contributed by atoms with Gasteiger partial charge in [0.15, 0.2) is 0 Å². The van der Waals surface area contributed by atoms with E-state index < -0.39 is 0 Å². The van der Waals surface area contributed by atoms with Gasteiger partial charge in [-0.3, -0.25) is 0 Å². The van der Waals surface area contributed by atoms with Crippen molar-refractivity contribution < 1.29 is 9.90 Å². The van der Waals surface area contributed by atoms with E-state index in [-0.39, 0.29) is 18.6 Å². The van der Waals surface area contributed by atoms with Crippen LogP contribution in [-0.2, 0) is 0 Å². The summed E-state index contributed by atoms with van der Waals surface area (Å²) in [5, 5.41) is 12.3. The Bertz CT molecular complexity index is 495. The van der Waals surface area contributed by atoms with Crippen LogP contribution in [0, 0.1) is 5.92 Å². The number of benzene rings is 1. The molecule has 0 spiro atoms. The number of nitrogens with zero attached hydrogens (tertiary/aromatic N) is 2. The molecule has 2 rings (SSSR count). The highest BCUT2D eigenvalue weighted by atomic mass is 16.3. The van der Waals surface area contributed by atoms with Gasteiger partial charge in [0.1, 0.15) is 0 Å². The van der Waals surface area contributed by atoms with E-state index in [2.05, 4.69) is 17.3 Å². The van der Waals surface area contributed by atoms with Crippen LogP contribution < -0.4 is 5.32 Å². The molecule has 1 fully saturated rings. The smallest absolute Gasteiger partial charge is 0.317 e. The third-order valence-electron chi connectivity index (χ3n) is 4.85. The van der Waals surface area contributed by atoms with Gasteiger partial charge in [0.2, 0.25) is 0 Å². The molecule has 2 atom stereocenters. The van der Waals surface area contributed by atoms with Crippen molar-refractivity contribution >= 4 is 6.03 Å². The van der Waals surface area contributed by atoms with Crippen LogP contribution >= 0.6 is 0 Å². The molecule has 0 aromatic heterocycles. The van der Waals surface area contributed by atoms with Gasteiger partial charge in [0.25, 0.3) is 0 Å². The molecule has 134 valence electrons. The fourth-order valence-corrected chi connectivity index (χ4v) is 3.51. The number of carbonyl (C=O) groups is 1. The normalized spacial score (nSPS) is 19.7. The number of likely N-dealkylation sites (tertiary alicyclic amines) is 1. The van der Waals surface area contributed by atoms with E-state index in [0.717, 1.165) is 25.2 Å². The summed E-state index contributed by atoms with van der Waals surface area (Å²) in [6.07, 6.45) is 3.06. The van der Waals surface area contributed by atoms with Gasteiger partial charge in [-0.2, -0.15) is 0 Å². The van der Waals surface area contributed by atoms with Crippen molar-refractivity contribution in [2.45, 2.75) is 25.2 Å². The Morgan fingerprint density at radius 3 is 2.83 bits per heavy atom. The zero-order chi connectivity index (χ0) is 17.4. The molecule has 1 aliphatic heterocycles. The molecular formula is C19H31N3O2. The molecule has 1 heterocycles. The molecule has 0 saturated carbocycles. The molecule has 0 radical (unpaired) electrons. The van der Waals surface area contributed by atoms with Gasteiger partial charge in [-0.05, 0) is 44.3 Å². The standard InChI is InChI=1S/C19H31N3O2/c1-21-11-6-7-16(14-21)15-22(2)19(24)20-13-18(10-12-23)17-8-4-3-5-9-17/h3-5,8-9,16,18,23H,6-7,10-15H2,1-2H3,(H,20,24). The number of hydrogen-bond acceptors (Lipinski definition) is 3. The van der Waals surface area contributed by atoms with Gasteiger partial charge in [-0.15, -0.1) is 0 Å². The lowest BCUT2D eigenvalue weighted by atomic mass is 9.96. The van der Waals surface area contributed by atoms with Crippen LogP contribution in [-0.4, -0.2) is 67.8 Å². The Labute approximate surface area is 145 Å². The Morgan fingerprint density at radius 2 is 2.17 bits per heavy atom. The van der Waals surface area contributed by atoms with Crippen LogP contribution in [0.4, 0.5) is 4.79 Å². The lowest BCUT2D eigenvalue weighted by molar-refractivity contribution is 0.163. The van der Waals surface area contributed by atoms with E-state index in [9.17, 15) is 9.90 Å². The number of piperidine rings is 1. The maximum absolute atomic E-state index is 12.4. The van der Waals surface area contributed by atoms with Crippen LogP contribution in [0.15, 0.2) is 30.3 Å². The predicted molar refractivity (Wildman–Crippen MR) is 97.1 cm³/mol. The molecule has 1 saturated heterocycles. The van der Waals surface area contributed by atoms with Crippen molar-refractivity contribution in [1.29, 1.82) is 0 Å². The summed E-state index contributed by atoms with van der Waals surface area (Å²) in [4.78, 5) is 16.5. The number of hydrogen-bond donors (Lipinski definition) is 2. The molecular weight excluding hydrogens is 302 g/mol. The highest BCUT2D eigenvalue weighted by Crippen LogP contribution is 2.19. The predicted octanol–water partition coefficient (Wildman–Crippen LogP) is 2.14. The lowest BCUT2D eigenvalue weighted by Gasteiger charge is -2.32. The Kier molecular flexibility index (Phi) is 7.53. The fourth-order valence-electron chi connectivity index (χ4n) is 3.51. The number of aliphatic hydroxyl groups excluding tert-OH is 1. The second-order valence-electron chi connectivity index (χ2n) is 6.96. The maximum atomic E-state index is 12.4. The quantitative estimate of drug-likeness (QED) is 0.804. The van der Waals surface area contributed by atoms with Gasteiger partial charge in [-0.1, -0.05) is 30.3 Å². The van der Waals surface area contributed by atoms with Crippen LogP contribution in [0.5, 0.6) is 0 Å². The van der Waals surface area contributed by atoms with Crippen LogP contribution in [0.2, 0.25) is 0 Å². The molecule has 1 aliphatic rings. The minimum absolute atomic E-state index is 0.0258. The minimum Gasteiger partial charge on any atom is -0.396 e. The summed E-state index contributed by atoms with van der Waals surface area (Å²) in [7, 11) is 4.01. The molecule has 24 heavy (non-hydrogen) atoms. The van der Waals surface area contributed by atoms with Gasteiger partial charge < -0.3 is 20.2 Å². The highest BCUT2D eigenvalue weighted by Gasteiger charge is 2.21. The number of aliphatic hydroxyl groups is 1. The van der Waals surface area contributed by atoms with E-state index in [1.807, 2.05) is 37.4 Å². The van der Waals surface area contributed by atoms with Gasteiger partial charge in [-0.25, -0.2) is 4.79 Å². The molecule has 0 bridgehead atoms. The number of amides is 2. The van der Waals surface area contributed by atoms with Gasteiger partial charge >= 0.3 is 6.03 Å². The van der Waals surface area contributed by atoms with Crippen LogP contribution in [0.25, 0.3) is 0 Å². The third kappa shape index (κ3) is 5.80. The first kappa shape index (κ1) is 18.7. The minimum atomic E-state index is -0.0258. The highest BCUT2D eigenvalue weighted by molar-refractivity contribution is 5.73. The van der Waals surface area contributed by atoms with Gasteiger partial charge in [0.05, 0.1) is 0 Å². The topological polar surface area (TPSA) is 55.8 Å². The molecule has 1 aromatic carbocycles. The second-order valence-corrected chi connectivity index (χ2v) is 6.96. The number of carbonyl (C=O) groups excluding carboxylic acids is 1. The summed E-state index contributed by atoms with van der Waals surface area (Å²) in [6, 6.07) is 10.0. The summed E-state index contributed by atoms with van der Waals surface area (Å²) in [5.41, 5.74) is 1.16. The van der Waals surface area contributed by atoms with E-state index >= 15 is 0 Å². The van der Waals surface area contributed by atoms with Crippen LogP contribution in [0.1, 0.15) is 30.7 Å². The molecule has 2 unspecified atom stereocenters. The zero-order valence-corrected chi connectivity index (χ0v) is 14.9. The van der Waals surface area contributed by atoms with Crippen LogP contribution in [0.3, 0.4) is 0 Å². The monoisotopic (exact) mass is 333 g/mol. The van der Waals surface area contributed by atoms with Crippen molar-refractivity contribution in [3.8, 4) is 0 Å². The Morgan fingerprint density at radius 1 is 1.42 bits per heavy atom. The third-order valence-corrected chi connectivity index (χ3v) is 4.85. The van der Waals surface area contributed by atoms with Gasteiger partial charge in [0, 0.05) is 39.2 Å². The average molecular weight is 333 g/mol. The van der Waals surface area contributed by atoms with Crippen molar-refractivity contribution in [2.75, 3.05) is 46.9 Å². The first-order valence-corrected chi connectivity index (χ1v) is 8.93. The molecule has 5 nitrogen and oxygen atoms in total. The number of urea groups is 1. The number of rotatable bonds is 7. The summed E-state index contributed by atoms with van der Waals surface area (Å²) >= 11 is 0. The first-order valence-electron chi connectivity index (χ1n) is 8.93. The van der Waals surface area contributed by atoms with Crippen molar-refractivity contribution in [1.82, 2.24) is 15.1 Å². The van der Waals surface area contributed by atoms with E-state index in [1.165, 1.54) is 12.8 Å². The van der Waals surface area contributed by atoms with E-state index in [4.69, 9.17) is 0 Å². The van der Waals surface area contributed by atoms with E-state index in [1.54, 1.807) is 4.90 Å². The second kappa shape index (κ2) is 9.64. The summed E-state index contributed by atoms with van der Waals surface area (Å²) in [6.45, 7) is 3.70. The maximum Gasteiger partial charge on any atom is 0.317 e. The summed E-state index contributed by atoms with van der Waals surface area (Å²) in [5.74, 6) is 0.705. The SMILES string of the molecule is CN1CCCC(CN(C)C(=O)NCC(CCO)c2ccccc2)C1.